The normalized spacial score (nSPS) is 19.6. The average Bonchev–Trinajstić information content (AvgIpc) is 3.51. The molecule has 2 unspecified atom stereocenters. The third-order valence-corrected chi connectivity index (χ3v) is 9.01. The number of rotatable bonds is 2. The summed E-state index contributed by atoms with van der Waals surface area (Å²) in [5.74, 6) is 0.888. The summed E-state index contributed by atoms with van der Waals surface area (Å²) in [6, 6.07) is 26.7. The van der Waals surface area contributed by atoms with Gasteiger partial charge in [0, 0.05) is 28.7 Å². The molecule has 190 valence electrons. The number of nitrogens with zero attached hydrogens (tertiary/aromatic N) is 3. The fraction of sp³-hybridized carbons (Fsp3) is 0.179. The van der Waals surface area contributed by atoms with Crippen LogP contribution in [0, 0.1) is 6.92 Å². The molecule has 0 radical (unpaired) electrons. The minimum Gasteiger partial charge on any atom is -0.365 e. The highest BCUT2D eigenvalue weighted by molar-refractivity contribution is 8.17. The number of carbonyl (C=O) groups excluding carboxylic acids is 1. The van der Waals surface area contributed by atoms with Crippen LogP contribution in [0.15, 0.2) is 94.6 Å². The van der Waals surface area contributed by atoms with Gasteiger partial charge in [-0.25, -0.2) is 15.1 Å². The monoisotopic (exact) mass is 533 g/mol. The molecule has 2 N–H and O–H groups in total. The highest BCUT2D eigenvalue weighted by atomic mass is 35.5. The van der Waals surface area contributed by atoms with Crippen molar-refractivity contribution < 1.29 is 4.79 Å². The topological polar surface area (TPSA) is 73.4 Å². The molecule has 0 spiro atoms. The van der Waals surface area contributed by atoms with Gasteiger partial charge >= 0.3 is 0 Å². The number of para-hydroxylation sites is 2. The van der Waals surface area contributed by atoms with Crippen LogP contribution in [-0.4, -0.2) is 39.5 Å². The Morgan fingerprint density at radius 3 is 2.19 bits per heavy atom. The van der Waals surface area contributed by atoms with Crippen LogP contribution in [-0.2, 0) is 4.79 Å². The molecule has 3 aromatic carbocycles. The Balaban J connectivity index is 0.000000182. The summed E-state index contributed by atoms with van der Waals surface area (Å²) in [7, 11) is 1.81. The van der Waals surface area contributed by atoms with Crippen molar-refractivity contribution >= 4 is 44.2 Å². The van der Waals surface area contributed by atoms with E-state index in [9.17, 15) is 9.59 Å². The van der Waals surface area contributed by atoms with Gasteiger partial charge in [0.15, 0.2) is 0 Å². The summed E-state index contributed by atoms with van der Waals surface area (Å²) in [6.45, 7) is 3.91. The summed E-state index contributed by atoms with van der Waals surface area (Å²) in [5, 5.41) is 5.36. The number of nitrogens with one attached hydrogen (secondary N) is 2. The smallest absolute Gasteiger partial charge is 0.276 e. The van der Waals surface area contributed by atoms with Gasteiger partial charge in [-0.15, -0.1) is 10.5 Å². The first kappa shape index (κ1) is 25.1. The minimum atomic E-state index is -0.240. The second kappa shape index (κ2) is 10.4. The van der Waals surface area contributed by atoms with Gasteiger partial charge in [-0.2, -0.15) is 0 Å². The molecule has 1 fully saturated rings. The number of H-pyrrole nitrogens is 1. The maximum Gasteiger partial charge on any atom is 0.276 e. The quantitative estimate of drug-likeness (QED) is 0.357. The zero-order valence-electron chi connectivity index (χ0n) is 20.8. The molecule has 4 aromatic rings. The Hall–Kier alpha value is -3.59. The lowest BCUT2D eigenvalue weighted by Gasteiger charge is -2.15. The molecule has 37 heavy (non-hydrogen) atoms. The lowest BCUT2D eigenvalue weighted by atomic mass is 10.2. The van der Waals surface area contributed by atoms with E-state index in [4.69, 9.17) is 11.6 Å². The van der Waals surface area contributed by atoms with Gasteiger partial charge in [-0.05, 0) is 56.3 Å². The highest BCUT2D eigenvalue weighted by Crippen LogP contribution is 2.46. The average molecular weight is 534 g/mol. The first-order chi connectivity index (χ1) is 17.8. The van der Waals surface area contributed by atoms with Crippen molar-refractivity contribution in [2.75, 3.05) is 22.8 Å². The Labute approximate surface area is 223 Å². The number of halogens is 1. The number of aryl methyl sites for hydroxylation is 1. The number of hydrogen-bond donors (Lipinski definition) is 2. The Kier molecular flexibility index (Phi) is 7.06. The van der Waals surface area contributed by atoms with Gasteiger partial charge in [0.25, 0.3) is 11.5 Å². The van der Waals surface area contributed by atoms with Crippen molar-refractivity contribution in [3.8, 4) is 5.69 Å². The minimum absolute atomic E-state index is 0.0102. The number of hydrazine groups is 1. The number of anilines is 2. The number of aromatic nitrogens is 2. The molecule has 2 atom stereocenters. The second-order valence-corrected chi connectivity index (χ2v) is 11.3. The molecule has 1 amide bonds. The number of carbonyl (C=O) groups is 1. The molecule has 9 heteroatoms. The summed E-state index contributed by atoms with van der Waals surface area (Å²) in [5.41, 5.74) is 7.01. The van der Waals surface area contributed by atoms with Crippen LogP contribution in [0.1, 0.15) is 12.6 Å². The van der Waals surface area contributed by atoms with Gasteiger partial charge in [0.1, 0.15) is 0 Å². The molecule has 1 saturated heterocycles. The van der Waals surface area contributed by atoms with Gasteiger partial charge in [0.2, 0.25) is 0 Å². The SMILES string of the molecule is CC1NN(c2ccccc2)C(=O)C1=S1CN(C)c2cc(Cl)ccc21.Cc1cc(=O)n(-c2ccccc2)[nH]1. The second-order valence-electron chi connectivity index (χ2n) is 8.97. The van der Waals surface area contributed by atoms with Crippen LogP contribution < -0.4 is 20.9 Å². The first-order valence-electron chi connectivity index (χ1n) is 11.9. The Morgan fingerprint density at radius 2 is 1.57 bits per heavy atom. The fourth-order valence-electron chi connectivity index (χ4n) is 4.49. The van der Waals surface area contributed by atoms with Gasteiger partial charge < -0.3 is 4.90 Å². The first-order valence-corrected chi connectivity index (χ1v) is 13.7. The maximum atomic E-state index is 13.1. The standard InChI is InChI=1S/C18H18ClN3OS.C10H10N2O/c1-12-17(18(23)22(20-12)14-6-4-3-5-7-14)24-11-21(2)15-10-13(19)8-9-16(15)24;1-8-7-10(13)12(11-8)9-5-3-2-4-6-9/h3-10,12,20H,11H2,1-2H3;2-7,11H,1H3. The van der Waals surface area contributed by atoms with Crippen molar-refractivity contribution in [2.45, 2.75) is 24.8 Å². The molecule has 2 aliphatic heterocycles. The van der Waals surface area contributed by atoms with E-state index in [0.29, 0.717) is 0 Å². The lowest BCUT2D eigenvalue weighted by molar-refractivity contribution is -0.112. The molecular weight excluding hydrogens is 506 g/mol. The fourth-order valence-corrected chi connectivity index (χ4v) is 7.18. The summed E-state index contributed by atoms with van der Waals surface area (Å²) in [6.07, 6.45) is 0. The predicted molar refractivity (Wildman–Crippen MR) is 153 cm³/mol. The van der Waals surface area contributed by atoms with Crippen molar-refractivity contribution in [1.29, 1.82) is 0 Å². The van der Waals surface area contributed by atoms with E-state index < -0.39 is 0 Å². The van der Waals surface area contributed by atoms with Gasteiger partial charge in [-0.3, -0.25) is 14.7 Å². The van der Waals surface area contributed by atoms with E-state index in [-0.39, 0.29) is 28.0 Å². The van der Waals surface area contributed by atoms with Crippen molar-refractivity contribution in [3.05, 3.63) is 106 Å². The predicted octanol–water partition coefficient (Wildman–Crippen LogP) is 4.96. The van der Waals surface area contributed by atoms with E-state index in [1.54, 1.807) is 11.1 Å². The molecule has 6 rings (SSSR count). The molecule has 0 aliphatic carbocycles. The summed E-state index contributed by atoms with van der Waals surface area (Å²) in [4.78, 5) is 28.8. The van der Waals surface area contributed by atoms with Crippen LogP contribution in [0.4, 0.5) is 11.4 Å². The van der Waals surface area contributed by atoms with E-state index in [2.05, 4.69) is 35.5 Å². The number of aromatic amines is 1. The van der Waals surface area contributed by atoms with Crippen LogP contribution in [0.3, 0.4) is 0 Å². The molecule has 0 bridgehead atoms. The van der Waals surface area contributed by atoms with Crippen molar-refractivity contribution in [2.24, 2.45) is 0 Å². The Morgan fingerprint density at radius 1 is 0.919 bits per heavy atom. The lowest BCUT2D eigenvalue weighted by Crippen LogP contribution is -2.36. The van der Waals surface area contributed by atoms with Crippen LogP contribution in [0.2, 0.25) is 5.02 Å². The third-order valence-electron chi connectivity index (χ3n) is 6.19. The van der Waals surface area contributed by atoms with Crippen molar-refractivity contribution in [3.63, 3.8) is 0 Å². The number of hydrogen-bond acceptors (Lipinski definition) is 4. The summed E-state index contributed by atoms with van der Waals surface area (Å²) < 4.78 is 1.52. The van der Waals surface area contributed by atoms with Crippen LogP contribution in [0.25, 0.3) is 5.69 Å². The van der Waals surface area contributed by atoms with Gasteiger partial charge in [0.05, 0.1) is 33.8 Å². The van der Waals surface area contributed by atoms with E-state index in [1.807, 2.05) is 79.7 Å². The van der Waals surface area contributed by atoms with Gasteiger partial charge in [-0.1, -0.05) is 48.0 Å². The zero-order valence-corrected chi connectivity index (χ0v) is 22.4. The Bertz CT molecular complexity index is 1530. The molecular formula is C28H28ClN5O2S. The largest absolute Gasteiger partial charge is 0.365 e. The van der Waals surface area contributed by atoms with E-state index in [0.717, 1.165) is 38.5 Å². The zero-order chi connectivity index (χ0) is 26.1. The third kappa shape index (κ3) is 5.00. The van der Waals surface area contributed by atoms with Crippen molar-refractivity contribution in [1.82, 2.24) is 15.2 Å². The van der Waals surface area contributed by atoms with E-state index in [1.165, 1.54) is 9.58 Å². The number of benzene rings is 3. The number of fused-ring (bicyclic) bond motifs is 1. The van der Waals surface area contributed by atoms with Crippen LogP contribution >= 0.6 is 22.1 Å². The van der Waals surface area contributed by atoms with E-state index >= 15 is 0 Å². The molecule has 7 nitrogen and oxygen atoms in total. The molecule has 2 aliphatic rings. The highest BCUT2D eigenvalue weighted by Gasteiger charge is 2.37. The number of amides is 1. The molecule has 0 saturated carbocycles. The molecule has 3 heterocycles. The maximum absolute atomic E-state index is 13.1. The van der Waals surface area contributed by atoms with Crippen LogP contribution in [0.5, 0.6) is 0 Å². The summed E-state index contributed by atoms with van der Waals surface area (Å²) >= 11 is 6.14. The molecule has 1 aromatic heterocycles.